The largest absolute Gasteiger partial charge is 0.396 e. The third-order valence-electron chi connectivity index (χ3n) is 2.57. The number of rotatable bonds is 4. The van der Waals surface area contributed by atoms with E-state index in [9.17, 15) is 0 Å². The number of hydrogen-bond acceptors (Lipinski definition) is 4. The summed E-state index contributed by atoms with van der Waals surface area (Å²) >= 11 is 3.40. The van der Waals surface area contributed by atoms with Gasteiger partial charge in [0.2, 0.25) is 0 Å². The van der Waals surface area contributed by atoms with Gasteiger partial charge in [0, 0.05) is 12.7 Å². The van der Waals surface area contributed by atoms with Gasteiger partial charge in [0.15, 0.2) is 0 Å². The van der Waals surface area contributed by atoms with Crippen molar-refractivity contribution in [3.63, 3.8) is 0 Å². The number of nitrogens with one attached hydrogen (secondary N) is 1. The topological polar surface area (TPSA) is 71.2 Å². The lowest BCUT2D eigenvalue weighted by Crippen LogP contribution is -2.04. The summed E-state index contributed by atoms with van der Waals surface area (Å²) in [4.78, 5) is 3.98. The lowest BCUT2D eigenvalue weighted by molar-refractivity contribution is 0.281. The Kier molecular flexibility index (Phi) is 4.17. The van der Waals surface area contributed by atoms with Crippen LogP contribution in [-0.4, -0.2) is 10.1 Å². The number of pyridine rings is 1. The number of nitrogens with two attached hydrogens (primary N) is 1. The van der Waals surface area contributed by atoms with E-state index in [4.69, 9.17) is 10.8 Å². The van der Waals surface area contributed by atoms with Crippen molar-refractivity contribution >= 4 is 27.3 Å². The van der Waals surface area contributed by atoms with Crippen molar-refractivity contribution in [2.75, 3.05) is 11.1 Å². The third-order valence-corrected chi connectivity index (χ3v) is 3.17. The molecule has 0 saturated heterocycles. The third kappa shape index (κ3) is 3.00. The Labute approximate surface area is 114 Å². The highest BCUT2D eigenvalue weighted by Gasteiger charge is 2.04. The Morgan fingerprint density at radius 2 is 2.06 bits per heavy atom. The summed E-state index contributed by atoms with van der Waals surface area (Å²) in [7, 11) is 0. The number of aliphatic hydroxyl groups excluding tert-OH is 1. The Morgan fingerprint density at radius 1 is 1.28 bits per heavy atom. The average molecular weight is 308 g/mol. The van der Waals surface area contributed by atoms with Gasteiger partial charge >= 0.3 is 0 Å². The number of halogens is 1. The quantitative estimate of drug-likeness (QED) is 0.812. The van der Waals surface area contributed by atoms with Crippen LogP contribution < -0.4 is 11.1 Å². The standard InChI is InChI=1S/C13H14BrN3O/c14-11-6-16-7-12(15)13(11)17-5-9-2-1-3-10(4-9)8-18/h1-4,6-7,18H,5,8,15H2,(H,16,17). The molecule has 0 aliphatic carbocycles. The molecule has 0 unspecified atom stereocenters. The molecule has 4 N–H and O–H groups in total. The van der Waals surface area contributed by atoms with Gasteiger partial charge in [0.25, 0.3) is 0 Å². The molecule has 2 rings (SSSR count). The van der Waals surface area contributed by atoms with Gasteiger partial charge in [-0.1, -0.05) is 24.3 Å². The molecule has 0 fully saturated rings. The van der Waals surface area contributed by atoms with Gasteiger partial charge in [-0.3, -0.25) is 4.98 Å². The summed E-state index contributed by atoms with van der Waals surface area (Å²) in [6.45, 7) is 0.690. The normalized spacial score (nSPS) is 10.3. The first-order valence-corrected chi connectivity index (χ1v) is 6.31. The molecule has 0 saturated carbocycles. The predicted octanol–water partition coefficient (Wildman–Crippen LogP) is 2.53. The SMILES string of the molecule is Nc1cncc(Br)c1NCc1cccc(CO)c1. The second-order valence-corrected chi connectivity index (χ2v) is 4.77. The van der Waals surface area contributed by atoms with Gasteiger partial charge in [-0.2, -0.15) is 0 Å². The average Bonchev–Trinajstić information content (AvgIpc) is 2.38. The number of hydrogen-bond donors (Lipinski definition) is 3. The molecule has 5 heteroatoms. The molecule has 1 aromatic heterocycles. The molecule has 4 nitrogen and oxygen atoms in total. The van der Waals surface area contributed by atoms with E-state index in [1.807, 2.05) is 24.3 Å². The molecule has 1 heterocycles. The van der Waals surface area contributed by atoms with E-state index in [1.165, 1.54) is 0 Å². The zero-order valence-electron chi connectivity index (χ0n) is 9.73. The molecule has 0 amide bonds. The molecule has 0 spiro atoms. The van der Waals surface area contributed by atoms with Gasteiger partial charge in [-0.15, -0.1) is 0 Å². The van der Waals surface area contributed by atoms with Crippen LogP contribution in [-0.2, 0) is 13.2 Å². The van der Waals surface area contributed by atoms with Crippen molar-refractivity contribution in [1.29, 1.82) is 0 Å². The first-order chi connectivity index (χ1) is 8.70. The number of anilines is 2. The Morgan fingerprint density at radius 3 is 2.78 bits per heavy atom. The molecule has 2 aromatic rings. The predicted molar refractivity (Wildman–Crippen MR) is 76.0 cm³/mol. The number of nitrogen functional groups attached to an aromatic ring is 1. The van der Waals surface area contributed by atoms with Gasteiger partial charge in [-0.25, -0.2) is 0 Å². The van der Waals surface area contributed by atoms with E-state index in [0.29, 0.717) is 12.2 Å². The molecule has 0 aliphatic heterocycles. The summed E-state index contributed by atoms with van der Waals surface area (Å²) in [5.74, 6) is 0. The Bertz CT molecular complexity index is 525. The fraction of sp³-hybridized carbons (Fsp3) is 0.154. The second-order valence-electron chi connectivity index (χ2n) is 3.92. The van der Waals surface area contributed by atoms with Crippen molar-refractivity contribution in [1.82, 2.24) is 4.98 Å². The van der Waals surface area contributed by atoms with Crippen LogP contribution in [0.3, 0.4) is 0 Å². The summed E-state index contributed by atoms with van der Waals surface area (Å²) < 4.78 is 0.834. The Hall–Kier alpha value is -1.59. The lowest BCUT2D eigenvalue weighted by Gasteiger charge is -2.11. The maximum Gasteiger partial charge on any atom is 0.0752 e. The van der Waals surface area contributed by atoms with Crippen LogP contribution in [0.1, 0.15) is 11.1 Å². The van der Waals surface area contributed by atoms with Crippen molar-refractivity contribution in [3.05, 3.63) is 52.3 Å². The van der Waals surface area contributed by atoms with Crippen molar-refractivity contribution < 1.29 is 5.11 Å². The number of benzene rings is 1. The van der Waals surface area contributed by atoms with E-state index in [-0.39, 0.29) is 6.61 Å². The first kappa shape index (κ1) is 12.9. The summed E-state index contributed by atoms with van der Waals surface area (Å²) in [6, 6.07) is 7.77. The molecule has 0 bridgehead atoms. The summed E-state index contributed by atoms with van der Waals surface area (Å²) in [6.07, 6.45) is 3.31. The van der Waals surface area contributed by atoms with Gasteiger partial charge < -0.3 is 16.2 Å². The summed E-state index contributed by atoms with van der Waals surface area (Å²) in [5.41, 5.74) is 9.27. The molecule has 0 radical (unpaired) electrons. The number of aliphatic hydroxyl groups is 1. The van der Waals surface area contributed by atoms with Crippen LogP contribution in [0.25, 0.3) is 0 Å². The molecule has 94 valence electrons. The molecule has 18 heavy (non-hydrogen) atoms. The van der Waals surface area contributed by atoms with Crippen LogP contribution in [0.4, 0.5) is 11.4 Å². The number of nitrogens with zero attached hydrogens (tertiary/aromatic N) is 1. The minimum Gasteiger partial charge on any atom is -0.396 e. The number of aromatic nitrogens is 1. The Balaban J connectivity index is 2.11. The fourth-order valence-electron chi connectivity index (χ4n) is 1.66. The minimum absolute atomic E-state index is 0.0505. The van der Waals surface area contributed by atoms with Crippen LogP contribution >= 0.6 is 15.9 Å². The summed E-state index contributed by atoms with van der Waals surface area (Å²) in [5, 5.41) is 12.3. The van der Waals surface area contributed by atoms with E-state index in [1.54, 1.807) is 12.4 Å². The fourth-order valence-corrected chi connectivity index (χ4v) is 2.15. The van der Waals surface area contributed by atoms with E-state index < -0.39 is 0 Å². The maximum atomic E-state index is 9.08. The minimum atomic E-state index is 0.0505. The van der Waals surface area contributed by atoms with Crippen molar-refractivity contribution in [3.8, 4) is 0 Å². The van der Waals surface area contributed by atoms with Crippen LogP contribution in [0.15, 0.2) is 41.1 Å². The smallest absolute Gasteiger partial charge is 0.0752 e. The highest BCUT2D eigenvalue weighted by Crippen LogP contribution is 2.27. The maximum absolute atomic E-state index is 9.08. The van der Waals surface area contributed by atoms with Crippen LogP contribution in [0.5, 0.6) is 0 Å². The van der Waals surface area contributed by atoms with Gasteiger partial charge in [0.05, 0.1) is 28.7 Å². The van der Waals surface area contributed by atoms with Crippen LogP contribution in [0.2, 0.25) is 0 Å². The van der Waals surface area contributed by atoms with Crippen molar-refractivity contribution in [2.45, 2.75) is 13.2 Å². The zero-order valence-corrected chi connectivity index (χ0v) is 11.3. The van der Waals surface area contributed by atoms with Crippen LogP contribution in [0, 0.1) is 0 Å². The van der Waals surface area contributed by atoms with E-state index >= 15 is 0 Å². The highest BCUT2D eigenvalue weighted by molar-refractivity contribution is 9.10. The second kappa shape index (κ2) is 5.84. The molecule has 0 aliphatic rings. The lowest BCUT2D eigenvalue weighted by atomic mass is 10.1. The van der Waals surface area contributed by atoms with E-state index in [2.05, 4.69) is 26.2 Å². The first-order valence-electron chi connectivity index (χ1n) is 5.52. The van der Waals surface area contributed by atoms with Gasteiger partial charge in [-0.05, 0) is 27.1 Å². The van der Waals surface area contributed by atoms with Crippen molar-refractivity contribution in [2.24, 2.45) is 0 Å². The molecule has 1 aromatic carbocycles. The molecular weight excluding hydrogens is 294 g/mol. The highest BCUT2D eigenvalue weighted by atomic mass is 79.9. The zero-order chi connectivity index (χ0) is 13.0. The monoisotopic (exact) mass is 307 g/mol. The molecule has 0 atom stereocenters. The molecular formula is C13H14BrN3O. The van der Waals surface area contributed by atoms with E-state index in [0.717, 1.165) is 21.3 Å². The van der Waals surface area contributed by atoms with Gasteiger partial charge in [0.1, 0.15) is 0 Å².